The minimum absolute atomic E-state index is 0.105. The van der Waals surface area contributed by atoms with Crippen LogP contribution < -0.4 is 5.73 Å². The Bertz CT molecular complexity index is 608. The Hall–Kier alpha value is -1.40. The molecule has 1 fully saturated rings. The smallest absolute Gasteiger partial charge is 0.325 e. The molecule has 0 saturated heterocycles. The zero-order chi connectivity index (χ0) is 14.4. The Morgan fingerprint density at radius 3 is 2.32 bits per heavy atom. The largest absolute Gasteiger partial charge is 0.480 e. The lowest BCUT2D eigenvalue weighted by atomic mass is 10.1. The third-order valence-corrected chi connectivity index (χ3v) is 6.02. The molecule has 0 radical (unpaired) electrons. The lowest BCUT2D eigenvalue weighted by molar-refractivity contribution is -0.139. The molecule has 3 N–H and O–H groups in total. The zero-order valence-corrected chi connectivity index (χ0v) is 11.6. The molecular formula is C13H17NO4S. The van der Waals surface area contributed by atoms with E-state index in [0.717, 1.165) is 5.56 Å². The average Bonchev–Trinajstić information content (AvgIpc) is 2.99. The van der Waals surface area contributed by atoms with Gasteiger partial charge >= 0.3 is 5.97 Å². The molecule has 1 saturated carbocycles. The van der Waals surface area contributed by atoms with Gasteiger partial charge in [0.1, 0.15) is 5.54 Å². The van der Waals surface area contributed by atoms with E-state index < -0.39 is 32.5 Å². The van der Waals surface area contributed by atoms with Gasteiger partial charge in [-0.15, -0.1) is 0 Å². The Labute approximate surface area is 112 Å². The van der Waals surface area contributed by atoms with Gasteiger partial charge in [-0.25, -0.2) is 8.42 Å². The second kappa shape index (κ2) is 4.31. The predicted octanol–water partition coefficient (Wildman–Crippen LogP) is 0.678. The molecule has 0 unspecified atom stereocenters. The standard InChI is InChI=1S/C13H17NO4S/c1-3-19(17,18)11-10(13(11,14)12(15)16)9-6-4-8(2)5-7-9/h4-7,10-11H,3,14H2,1-2H3,(H,15,16)/t10-,11-,13-/m1/s1. The number of carbonyl (C=O) groups is 1. The highest BCUT2D eigenvalue weighted by Crippen LogP contribution is 2.54. The minimum Gasteiger partial charge on any atom is -0.480 e. The number of aliphatic carboxylic acids is 1. The molecular weight excluding hydrogens is 266 g/mol. The minimum atomic E-state index is -3.49. The molecule has 0 bridgehead atoms. The number of aryl methyl sites for hydroxylation is 1. The molecule has 5 nitrogen and oxygen atoms in total. The lowest BCUT2D eigenvalue weighted by Gasteiger charge is -2.05. The lowest BCUT2D eigenvalue weighted by Crippen LogP contribution is -2.40. The molecule has 0 aromatic heterocycles. The first kappa shape index (κ1) is 14.0. The zero-order valence-electron chi connectivity index (χ0n) is 10.8. The molecule has 1 aromatic carbocycles. The molecule has 6 heteroatoms. The third kappa shape index (κ3) is 2.04. The second-order valence-corrected chi connectivity index (χ2v) is 7.41. The van der Waals surface area contributed by atoms with Crippen molar-refractivity contribution in [1.29, 1.82) is 0 Å². The van der Waals surface area contributed by atoms with Gasteiger partial charge in [0.25, 0.3) is 0 Å². The van der Waals surface area contributed by atoms with Gasteiger partial charge in [-0.3, -0.25) is 4.79 Å². The second-order valence-electron chi connectivity index (χ2n) is 5.00. The predicted molar refractivity (Wildman–Crippen MR) is 71.7 cm³/mol. The molecule has 2 rings (SSSR count). The summed E-state index contributed by atoms with van der Waals surface area (Å²) < 4.78 is 24.0. The molecule has 1 aromatic rings. The molecule has 0 amide bonds. The van der Waals surface area contributed by atoms with Gasteiger partial charge in [-0.2, -0.15) is 0 Å². The number of benzene rings is 1. The fourth-order valence-corrected chi connectivity index (χ4v) is 4.46. The maximum Gasteiger partial charge on any atom is 0.325 e. The first-order valence-corrected chi connectivity index (χ1v) is 7.77. The van der Waals surface area contributed by atoms with Crippen molar-refractivity contribution in [3.63, 3.8) is 0 Å². The topological polar surface area (TPSA) is 97.5 Å². The summed E-state index contributed by atoms with van der Waals surface area (Å²) in [6, 6.07) is 7.14. The first-order valence-electron chi connectivity index (χ1n) is 6.05. The third-order valence-electron chi connectivity index (χ3n) is 3.78. The highest BCUT2D eigenvalue weighted by molar-refractivity contribution is 7.92. The average molecular weight is 283 g/mol. The van der Waals surface area contributed by atoms with Crippen LogP contribution in [0.4, 0.5) is 0 Å². The van der Waals surface area contributed by atoms with Gasteiger partial charge in [-0.05, 0) is 12.5 Å². The molecule has 3 atom stereocenters. The maximum atomic E-state index is 12.0. The molecule has 0 aliphatic heterocycles. The van der Waals surface area contributed by atoms with Crippen molar-refractivity contribution in [2.45, 2.75) is 30.6 Å². The summed E-state index contributed by atoms with van der Waals surface area (Å²) >= 11 is 0. The van der Waals surface area contributed by atoms with Crippen molar-refractivity contribution in [3.8, 4) is 0 Å². The van der Waals surface area contributed by atoms with Gasteiger partial charge < -0.3 is 10.8 Å². The van der Waals surface area contributed by atoms with Gasteiger partial charge in [0.05, 0.1) is 5.25 Å². The molecule has 1 aliphatic carbocycles. The Morgan fingerprint density at radius 1 is 1.37 bits per heavy atom. The van der Waals surface area contributed by atoms with Crippen LogP contribution in [-0.2, 0) is 14.6 Å². The van der Waals surface area contributed by atoms with Crippen molar-refractivity contribution in [1.82, 2.24) is 0 Å². The molecule has 1 aliphatic rings. The van der Waals surface area contributed by atoms with Crippen LogP contribution in [0.25, 0.3) is 0 Å². The number of rotatable bonds is 4. The van der Waals surface area contributed by atoms with E-state index >= 15 is 0 Å². The van der Waals surface area contributed by atoms with Crippen LogP contribution in [0.5, 0.6) is 0 Å². The summed E-state index contributed by atoms with van der Waals surface area (Å²) in [5.41, 5.74) is 5.82. The van der Waals surface area contributed by atoms with E-state index in [0.29, 0.717) is 5.56 Å². The van der Waals surface area contributed by atoms with Crippen molar-refractivity contribution < 1.29 is 18.3 Å². The summed E-state index contributed by atoms with van der Waals surface area (Å²) in [5.74, 6) is -2.04. The maximum absolute atomic E-state index is 12.0. The highest BCUT2D eigenvalue weighted by atomic mass is 32.2. The van der Waals surface area contributed by atoms with Crippen LogP contribution in [0.2, 0.25) is 0 Å². The van der Waals surface area contributed by atoms with Crippen molar-refractivity contribution in [2.24, 2.45) is 5.73 Å². The highest BCUT2D eigenvalue weighted by Gasteiger charge is 2.73. The molecule has 104 valence electrons. The van der Waals surface area contributed by atoms with Crippen LogP contribution in [0.15, 0.2) is 24.3 Å². The van der Waals surface area contributed by atoms with Crippen molar-refractivity contribution in [2.75, 3.05) is 5.75 Å². The van der Waals surface area contributed by atoms with E-state index in [4.69, 9.17) is 5.73 Å². The summed E-state index contributed by atoms with van der Waals surface area (Å²) in [4.78, 5) is 11.3. The van der Waals surface area contributed by atoms with E-state index in [1.807, 2.05) is 19.1 Å². The van der Waals surface area contributed by atoms with E-state index in [-0.39, 0.29) is 5.75 Å². The van der Waals surface area contributed by atoms with Crippen LogP contribution in [0.3, 0.4) is 0 Å². The number of hydrogen-bond acceptors (Lipinski definition) is 4. The monoisotopic (exact) mass is 283 g/mol. The molecule has 0 heterocycles. The number of nitrogens with two attached hydrogens (primary N) is 1. The summed E-state index contributed by atoms with van der Waals surface area (Å²) in [6.45, 7) is 3.41. The van der Waals surface area contributed by atoms with Gasteiger partial charge in [0.15, 0.2) is 9.84 Å². The summed E-state index contributed by atoms with van der Waals surface area (Å²) in [6.07, 6.45) is 0. The summed E-state index contributed by atoms with van der Waals surface area (Å²) in [7, 11) is -3.49. The molecule has 0 spiro atoms. The van der Waals surface area contributed by atoms with E-state index in [2.05, 4.69) is 0 Å². The van der Waals surface area contributed by atoms with Crippen LogP contribution in [-0.4, -0.2) is 36.0 Å². The van der Waals surface area contributed by atoms with E-state index in [9.17, 15) is 18.3 Å². The van der Waals surface area contributed by atoms with E-state index in [1.165, 1.54) is 6.92 Å². The number of hydrogen-bond donors (Lipinski definition) is 2. The number of carboxylic acids is 1. The Morgan fingerprint density at radius 2 is 1.89 bits per heavy atom. The van der Waals surface area contributed by atoms with Crippen molar-refractivity contribution >= 4 is 15.8 Å². The van der Waals surface area contributed by atoms with Gasteiger partial charge in [0.2, 0.25) is 0 Å². The SMILES string of the molecule is CCS(=O)(=O)[C@@H]1[C@@H](c2ccc(C)cc2)[C@]1(N)C(=O)O. The van der Waals surface area contributed by atoms with Crippen molar-refractivity contribution in [3.05, 3.63) is 35.4 Å². The van der Waals surface area contributed by atoms with Crippen LogP contribution >= 0.6 is 0 Å². The Kier molecular flexibility index (Phi) is 3.18. The number of sulfone groups is 1. The normalized spacial score (nSPS) is 30.1. The summed E-state index contributed by atoms with van der Waals surface area (Å²) in [5, 5.41) is 8.20. The van der Waals surface area contributed by atoms with Crippen LogP contribution in [0, 0.1) is 6.92 Å². The van der Waals surface area contributed by atoms with Gasteiger partial charge in [-0.1, -0.05) is 36.8 Å². The van der Waals surface area contributed by atoms with E-state index in [1.54, 1.807) is 12.1 Å². The number of carboxylic acid groups (broad SMARTS) is 1. The Balaban J connectivity index is 2.45. The fraction of sp³-hybridized carbons (Fsp3) is 0.462. The fourth-order valence-electron chi connectivity index (χ4n) is 2.54. The van der Waals surface area contributed by atoms with Gasteiger partial charge in [0, 0.05) is 11.7 Å². The molecule has 19 heavy (non-hydrogen) atoms. The van der Waals surface area contributed by atoms with Crippen LogP contribution in [0.1, 0.15) is 24.0 Å². The first-order chi connectivity index (χ1) is 8.75. The quantitative estimate of drug-likeness (QED) is 0.846.